The van der Waals surface area contributed by atoms with E-state index < -0.39 is 0 Å². The fourth-order valence-corrected chi connectivity index (χ4v) is 3.79. The number of amides is 2. The zero-order valence-electron chi connectivity index (χ0n) is 12.0. The Morgan fingerprint density at radius 2 is 1.91 bits per heavy atom. The molecule has 1 aromatic carbocycles. The van der Waals surface area contributed by atoms with E-state index in [9.17, 15) is 9.59 Å². The molecule has 4 nitrogen and oxygen atoms in total. The van der Waals surface area contributed by atoms with Gasteiger partial charge in [0.05, 0.1) is 4.91 Å². The number of hydrogen-bond acceptors (Lipinski definition) is 4. The summed E-state index contributed by atoms with van der Waals surface area (Å²) < 4.78 is 0.458. The average molecular weight is 332 g/mol. The van der Waals surface area contributed by atoms with Gasteiger partial charge in [-0.05, 0) is 24.5 Å². The molecule has 2 fully saturated rings. The van der Waals surface area contributed by atoms with Crippen molar-refractivity contribution in [2.45, 2.75) is 12.8 Å². The van der Waals surface area contributed by atoms with Crippen molar-refractivity contribution < 1.29 is 9.59 Å². The van der Waals surface area contributed by atoms with Gasteiger partial charge in [0.15, 0.2) is 0 Å². The first-order chi connectivity index (χ1) is 10.6. The smallest absolute Gasteiger partial charge is 0.266 e. The summed E-state index contributed by atoms with van der Waals surface area (Å²) >= 11 is 6.52. The van der Waals surface area contributed by atoms with E-state index in [1.54, 1.807) is 4.90 Å². The van der Waals surface area contributed by atoms with E-state index in [0.717, 1.165) is 31.5 Å². The Morgan fingerprint density at radius 3 is 2.59 bits per heavy atom. The molecule has 1 aromatic rings. The zero-order chi connectivity index (χ0) is 15.5. The third-order valence-corrected chi connectivity index (χ3v) is 5.10. The molecule has 2 saturated heterocycles. The minimum absolute atomic E-state index is 0.0187. The van der Waals surface area contributed by atoms with Crippen LogP contribution in [0, 0.1) is 0 Å². The van der Waals surface area contributed by atoms with Crippen LogP contribution in [0.2, 0.25) is 0 Å². The Bertz CT molecular complexity index is 637. The van der Waals surface area contributed by atoms with Crippen molar-refractivity contribution in [1.29, 1.82) is 0 Å². The molecule has 0 N–H and O–H groups in total. The lowest BCUT2D eigenvalue weighted by Gasteiger charge is -2.19. The Hall–Kier alpha value is -1.66. The van der Waals surface area contributed by atoms with E-state index in [1.165, 1.54) is 16.7 Å². The van der Waals surface area contributed by atoms with Crippen LogP contribution in [0.25, 0.3) is 6.08 Å². The van der Waals surface area contributed by atoms with Gasteiger partial charge in [-0.3, -0.25) is 14.5 Å². The normalized spacial score (nSPS) is 20.3. The van der Waals surface area contributed by atoms with E-state index in [2.05, 4.69) is 0 Å². The van der Waals surface area contributed by atoms with Gasteiger partial charge in [0.1, 0.15) is 10.9 Å². The lowest BCUT2D eigenvalue weighted by atomic mass is 10.2. The van der Waals surface area contributed by atoms with E-state index in [4.69, 9.17) is 12.2 Å². The number of benzene rings is 1. The quantitative estimate of drug-likeness (QED) is 0.630. The fourth-order valence-electron chi connectivity index (χ4n) is 2.54. The van der Waals surface area contributed by atoms with Gasteiger partial charge in [-0.15, -0.1) is 0 Å². The van der Waals surface area contributed by atoms with Crippen LogP contribution in [-0.2, 0) is 9.59 Å². The van der Waals surface area contributed by atoms with Crippen LogP contribution in [0.3, 0.4) is 0 Å². The van der Waals surface area contributed by atoms with Gasteiger partial charge >= 0.3 is 0 Å². The molecule has 2 aliphatic heterocycles. The molecule has 0 saturated carbocycles. The number of nitrogens with zero attached hydrogens (tertiary/aromatic N) is 2. The predicted octanol–water partition coefficient (Wildman–Crippen LogP) is 2.51. The number of likely N-dealkylation sites (tertiary alicyclic amines) is 1. The molecule has 22 heavy (non-hydrogen) atoms. The van der Waals surface area contributed by atoms with E-state index >= 15 is 0 Å². The van der Waals surface area contributed by atoms with Crippen LogP contribution in [0.5, 0.6) is 0 Å². The van der Waals surface area contributed by atoms with E-state index in [-0.39, 0.29) is 18.4 Å². The first kappa shape index (κ1) is 15.2. The molecule has 3 rings (SSSR count). The van der Waals surface area contributed by atoms with Crippen LogP contribution < -0.4 is 0 Å². The number of thiocarbonyl (C=S) groups is 1. The first-order valence-electron chi connectivity index (χ1n) is 7.23. The molecular formula is C16H16N2O2S2. The molecule has 2 heterocycles. The molecule has 2 aliphatic rings. The monoisotopic (exact) mass is 332 g/mol. The van der Waals surface area contributed by atoms with Gasteiger partial charge in [0.25, 0.3) is 5.91 Å². The first-order valence-corrected chi connectivity index (χ1v) is 8.46. The van der Waals surface area contributed by atoms with Crippen LogP contribution in [0.1, 0.15) is 18.4 Å². The van der Waals surface area contributed by atoms with Crippen molar-refractivity contribution in [1.82, 2.24) is 9.80 Å². The van der Waals surface area contributed by atoms with Crippen molar-refractivity contribution >= 4 is 46.2 Å². The Balaban J connectivity index is 1.71. The molecule has 0 bridgehead atoms. The summed E-state index contributed by atoms with van der Waals surface area (Å²) in [5.41, 5.74) is 0.953. The highest BCUT2D eigenvalue weighted by Crippen LogP contribution is 2.32. The second-order valence-electron chi connectivity index (χ2n) is 5.27. The van der Waals surface area contributed by atoms with Crippen LogP contribution >= 0.6 is 24.0 Å². The zero-order valence-corrected chi connectivity index (χ0v) is 13.7. The topological polar surface area (TPSA) is 40.6 Å². The molecule has 0 radical (unpaired) electrons. The SMILES string of the molecule is O=C(CN1C(=O)/C(=C/c2ccccc2)SC1=S)N1CCCC1. The van der Waals surface area contributed by atoms with E-state index in [1.807, 2.05) is 36.4 Å². The minimum atomic E-state index is -0.175. The average Bonchev–Trinajstić information content (AvgIpc) is 3.13. The van der Waals surface area contributed by atoms with Crippen molar-refractivity contribution in [3.05, 3.63) is 40.8 Å². The summed E-state index contributed by atoms with van der Waals surface area (Å²) in [6.07, 6.45) is 3.90. The van der Waals surface area contributed by atoms with Gasteiger partial charge < -0.3 is 4.90 Å². The maximum absolute atomic E-state index is 12.4. The molecule has 6 heteroatoms. The maximum atomic E-state index is 12.4. The highest BCUT2D eigenvalue weighted by atomic mass is 32.2. The van der Waals surface area contributed by atoms with Crippen LogP contribution in [0.15, 0.2) is 35.2 Å². The minimum Gasteiger partial charge on any atom is -0.341 e. The summed E-state index contributed by atoms with van der Waals surface area (Å²) in [5.74, 6) is -0.193. The third-order valence-electron chi connectivity index (χ3n) is 3.72. The Kier molecular flexibility index (Phi) is 4.59. The lowest BCUT2D eigenvalue weighted by Crippen LogP contribution is -2.40. The Morgan fingerprint density at radius 1 is 1.23 bits per heavy atom. The fraction of sp³-hybridized carbons (Fsp3) is 0.312. The molecule has 114 valence electrons. The summed E-state index contributed by atoms with van der Waals surface area (Å²) in [6, 6.07) is 9.63. The standard InChI is InChI=1S/C16H16N2O2S2/c19-14(17-8-4-5-9-17)11-18-15(20)13(22-16(18)21)10-12-6-2-1-3-7-12/h1-3,6-7,10H,4-5,8-9,11H2/b13-10-. The second kappa shape index (κ2) is 6.62. The largest absolute Gasteiger partial charge is 0.341 e. The number of carbonyl (C=O) groups excluding carboxylic acids is 2. The van der Waals surface area contributed by atoms with Crippen molar-refractivity contribution in [3.8, 4) is 0 Å². The second-order valence-corrected chi connectivity index (χ2v) is 6.94. The molecular weight excluding hydrogens is 316 g/mol. The summed E-state index contributed by atoms with van der Waals surface area (Å²) in [5, 5.41) is 0. The number of rotatable bonds is 3. The molecule has 0 unspecified atom stereocenters. The van der Waals surface area contributed by atoms with Gasteiger partial charge in [-0.2, -0.15) is 0 Å². The third kappa shape index (κ3) is 3.23. The summed E-state index contributed by atoms with van der Waals surface area (Å²) in [4.78, 5) is 28.4. The number of hydrogen-bond donors (Lipinski definition) is 0. The molecule has 0 aromatic heterocycles. The van der Waals surface area contributed by atoms with Crippen molar-refractivity contribution in [3.63, 3.8) is 0 Å². The van der Waals surface area contributed by atoms with Crippen molar-refractivity contribution in [2.75, 3.05) is 19.6 Å². The molecule has 0 spiro atoms. The maximum Gasteiger partial charge on any atom is 0.266 e. The Labute approximate surface area is 139 Å². The number of thioether (sulfide) groups is 1. The highest BCUT2D eigenvalue weighted by molar-refractivity contribution is 8.26. The van der Waals surface area contributed by atoms with Gasteiger partial charge in [-0.25, -0.2) is 0 Å². The van der Waals surface area contributed by atoms with E-state index in [0.29, 0.717) is 9.23 Å². The highest BCUT2D eigenvalue weighted by Gasteiger charge is 2.34. The predicted molar refractivity (Wildman–Crippen MR) is 92.1 cm³/mol. The van der Waals surface area contributed by atoms with Crippen LogP contribution in [-0.4, -0.2) is 45.6 Å². The lowest BCUT2D eigenvalue weighted by molar-refractivity contribution is -0.134. The van der Waals surface area contributed by atoms with Crippen LogP contribution in [0.4, 0.5) is 0 Å². The van der Waals surface area contributed by atoms with Gasteiger partial charge in [0, 0.05) is 13.1 Å². The van der Waals surface area contributed by atoms with Crippen molar-refractivity contribution in [2.24, 2.45) is 0 Å². The number of carbonyl (C=O) groups is 2. The summed E-state index contributed by atoms with van der Waals surface area (Å²) in [6.45, 7) is 1.62. The summed E-state index contributed by atoms with van der Waals surface area (Å²) in [7, 11) is 0. The van der Waals surface area contributed by atoms with Gasteiger partial charge in [0.2, 0.25) is 5.91 Å². The molecule has 0 atom stereocenters. The molecule has 2 amide bonds. The molecule has 0 aliphatic carbocycles. The van der Waals surface area contributed by atoms with Gasteiger partial charge in [-0.1, -0.05) is 54.3 Å².